The predicted molar refractivity (Wildman–Crippen MR) is 126 cm³/mol. The first-order valence-electron chi connectivity index (χ1n) is 12.2. The number of carbonyl (C=O) groups excluding carboxylic acids is 6. The van der Waals surface area contributed by atoms with Crippen LogP contribution in [0.5, 0.6) is 0 Å². The van der Waals surface area contributed by atoms with Gasteiger partial charge in [0.25, 0.3) is 0 Å². The number of aliphatic hydroxyl groups is 1. The van der Waals surface area contributed by atoms with Gasteiger partial charge in [0.05, 0.1) is 31.7 Å². The van der Waals surface area contributed by atoms with Gasteiger partial charge in [0.1, 0.15) is 18.8 Å². The van der Waals surface area contributed by atoms with Crippen LogP contribution in [0.4, 0.5) is 0 Å². The lowest BCUT2D eigenvalue weighted by molar-refractivity contribution is -0.255. The highest BCUT2D eigenvalue weighted by Gasteiger charge is 2.52. The molecule has 0 aromatic heterocycles. The molecule has 6 atom stereocenters. The predicted octanol–water partition coefficient (Wildman–Crippen LogP) is -0.430. The molecule has 2 unspecified atom stereocenters. The summed E-state index contributed by atoms with van der Waals surface area (Å²) in [5.41, 5.74) is 0. The first-order chi connectivity index (χ1) is 17.9. The lowest BCUT2D eigenvalue weighted by Gasteiger charge is -2.45. The number of aliphatic hydroxyl groups excluding tert-OH is 1. The molecule has 38 heavy (non-hydrogen) atoms. The molecule has 1 amide bonds. The van der Waals surface area contributed by atoms with E-state index >= 15 is 0 Å². The minimum Gasteiger partial charge on any atom is -0.466 e. The lowest BCUT2D eigenvalue weighted by Crippen LogP contribution is -2.64. The number of rotatable bonds is 14. The summed E-state index contributed by atoms with van der Waals surface area (Å²) in [7, 11) is 0. The summed E-state index contributed by atoms with van der Waals surface area (Å²) in [6, 6.07) is 0. The average Bonchev–Trinajstić information content (AvgIpc) is 2.80. The fourth-order valence-corrected chi connectivity index (χ4v) is 3.90. The second kappa shape index (κ2) is 16.6. The van der Waals surface area contributed by atoms with E-state index in [2.05, 4.69) is 5.32 Å². The minimum absolute atomic E-state index is 0.0227. The van der Waals surface area contributed by atoms with Crippen molar-refractivity contribution in [3.8, 4) is 0 Å². The summed E-state index contributed by atoms with van der Waals surface area (Å²) in [5.74, 6) is -4.99. The first-order valence-corrected chi connectivity index (χ1v) is 12.2. The fraction of sp³-hybridized carbons (Fsp3) is 0.750. The van der Waals surface area contributed by atoms with Crippen molar-refractivity contribution in [2.24, 2.45) is 5.92 Å². The van der Waals surface area contributed by atoms with Gasteiger partial charge in [0, 0.05) is 34.2 Å². The molecule has 216 valence electrons. The quantitative estimate of drug-likeness (QED) is 0.162. The van der Waals surface area contributed by atoms with Crippen LogP contribution >= 0.6 is 0 Å². The van der Waals surface area contributed by atoms with E-state index in [9.17, 15) is 33.9 Å². The molecule has 1 aliphatic rings. The van der Waals surface area contributed by atoms with Crippen LogP contribution in [0.15, 0.2) is 0 Å². The van der Waals surface area contributed by atoms with E-state index in [0.29, 0.717) is 0 Å². The van der Waals surface area contributed by atoms with E-state index < -0.39 is 78.8 Å². The van der Waals surface area contributed by atoms with Gasteiger partial charge < -0.3 is 38.8 Å². The molecule has 1 saturated heterocycles. The van der Waals surface area contributed by atoms with Gasteiger partial charge in [-0.15, -0.1) is 0 Å². The van der Waals surface area contributed by atoms with Gasteiger partial charge in [-0.05, 0) is 19.8 Å². The lowest BCUT2D eigenvalue weighted by atomic mass is 9.84. The zero-order chi connectivity index (χ0) is 28.8. The van der Waals surface area contributed by atoms with Gasteiger partial charge in [0.15, 0.2) is 12.2 Å². The van der Waals surface area contributed by atoms with Crippen LogP contribution in [-0.4, -0.2) is 97.7 Å². The summed E-state index contributed by atoms with van der Waals surface area (Å²) in [5, 5.41) is 13.7. The van der Waals surface area contributed by atoms with Crippen molar-refractivity contribution in [3.05, 3.63) is 0 Å². The standard InChI is InChI=1S/C24H37NO13/c1-6-33-19(30)9-10-25-24(32)17(8-7-11-34-13(2)26)21-20(31)23(37-16(5)29)22(36-15(4)28)18(38-21)12-35-14(3)27/h17-18,20-23,31H,6-12H2,1-5H3,(H,25,32)/t17?,18-,20+,21?,22-,23-/m1/s1. The van der Waals surface area contributed by atoms with Crippen LogP contribution in [0.1, 0.15) is 53.9 Å². The summed E-state index contributed by atoms with van der Waals surface area (Å²) in [4.78, 5) is 71.0. The average molecular weight is 548 g/mol. The number of esters is 5. The molecular formula is C24H37NO13. The van der Waals surface area contributed by atoms with E-state index in [1.165, 1.54) is 6.92 Å². The molecule has 0 spiro atoms. The van der Waals surface area contributed by atoms with E-state index in [4.69, 9.17) is 28.4 Å². The summed E-state index contributed by atoms with van der Waals surface area (Å²) >= 11 is 0. The zero-order valence-electron chi connectivity index (χ0n) is 22.3. The first kappa shape index (κ1) is 32.8. The van der Waals surface area contributed by atoms with Gasteiger partial charge in [-0.2, -0.15) is 0 Å². The molecule has 2 N–H and O–H groups in total. The van der Waals surface area contributed by atoms with Crippen molar-refractivity contribution in [1.29, 1.82) is 0 Å². The Morgan fingerprint density at radius 2 is 1.47 bits per heavy atom. The van der Waals surface area contributed by atoms with Gasteiger partial charge >= 0.3 is 29.8 Å². The van der Waals surface area contributed by atoms with Gasteiger partial charge in [0.2, 0.25) is 5.91 Å². The van der Waals surface area contributed by atoms with Gasteiger partial charge in [-0.25, -0.2) is 0 Å². The topological polar surface area (TPSA) is 190 Å². The molecule has 0 aromatic rings. The van der Waals surface area contributed by atoms with Crippen LogP contribution in [-0.2, 0) is 57.2 Å². The third-order valence-electron chi connectivity index (χ3n) is 5.38. The highest BCUT2D eigenvalue weighted by molar-refractivity contribution is 5.80. The molecule has 14 nitrogen and oxygen atoms in total. The monoisotopic (exact) mass is 547 g/mol. The highest BCUT2D eigenvalue weighted by Crippen LogP contribution is 2.32. The molecular weight excluding hydrogens is 510 g/mol. The van der Waals surface area contributed by atoms with E-state index in [-0.39, 0.29) is 39.0 Å². The maximum atomic E-state index is 13.2. The Bertz CT molecular complexity index is 845. The van der Waals surface area contributed by atoms with Crippen LogP contribution in [0, 0.1) is 5.92 Å². The molecule has 1 aliphatic heterocycles. The fourth-order valence-electron chi connectivity index (χ4n) is 3.90. The van der Waals surface area contributed by atoms with Crippen molar-refractivity contribution in [1.82, 2.24) is 5.32 Å². The summed E-state index contributed by atoms with van der Waals surface area (Å²) in [6.45, 7) is 5.86. The molecule has 0 aliphatic carbocycles. The Morgan fingerprint density at radius 3 is 2.03 bits per heavy atom. The van der Waals surface area contributed by atoms with Crippen LogP contribution in [0.25, 0.3) is 0 Å². The second-order valence-corrected chi connectivity index (χ2v) is 8.52. The summed E-state index contributed by atoms with van der Waals surface area (Å²) < 4.78 is 31.2. The third-order valence-corrected chi connectivity index (χ3v) is 5.38. The molecule has 1 heterocycles. The molecule has 14 heteroatoms. The molecule has 1 rings (SSSR count). The Balaban J connectivity index is 3.26. The van der Waals surface area contributed by atoms with E-state index in [1.807, 2.05) is 0 Å². The van der Waals surface area contributed by atoms with Crippen molar-refractivity contribution in [3.63, 3.8) is 0 Å². The number of carbonyl (C=O) groups is 6. The Kier molecular flexibility index (Phi) is 14.3. The smallest absolute Gasteiger partial charge is 0.307 e. The van der Waals surface area contributed by atoms with E-state index in [0.717, 1.165) is 20.8 Å². The van der Waals surface area contributed by atoms with Crippen molar-refractivity contribution >= 4 is 35.8 Å². The van der Waals surface area contributed by atoms with Gasteiger partial charge in [-0.3, -0.25) is 28.8 Å². The van der Waals surface area contributed by atoms with E-state index in [1.54, 1.807) is 6.92 Å². The summed E-state index contributed by atoms with van der Waals surface area (Å²) in [6.07, 6.45) is -6.85. The van der Waals surface area contributed by atoms with Crippen molar-refractivity contribution in [2.45, 2.75) is 84.4 Å². The molecule has 0 radical (unpaired) electrons. The molecule has 0 aromatic carbocycles. The van der Waals surface area contributed by atoms with Crippen molar-refractivity contribution < 1.29 is 62.3 Å². The molecule has 0 saturated carbocycles. The number of hydrogen-bond donors (Lipinski definition) is 2. The maximum absolute atomic E-state index is 13.2. The van der Waals surface area contributed by atoms with Crippen LogP contribution in [0.2, 0.25) is 0 Å². The SMILES string of the molecule is CCOC(=O)CCNC(=O)C(CCCOC(C)=O)C1O[C@H](COC(C)=O)[C@@H](OC(C)=O)[C@H](OC(C)=O)[C@H]1O. The zero-order valence-corrected chi connectivity index (χ0v) is 22.3. The van der Waals surface area contributed by atoms with Crippen LogP contribution < -0.4 is 5.32 Å². The van der Waals surface area contributed by atoms with Gasteiger partial charge in [-0.1, -0.05) is 0 Å². The maximum Gasteiger partial charge on any atom is 0.307 e. The normalized spacial score (nSPS) is 23.4. The molecule has 1 fully saturated rings. The second-order valence-electron chi connectivity index (χ2n) is 8.52. The number of nitrogens with one attached hydrogen (secondary N) is 1. The number of hydrogen-bond acceptors (Lipinski definition) is 13. The highest BCUT2D eigenvalue weighted by atomic mass is 16.6. The Morgan fingerprint density at radius 1 is 0.868 bits per heavy atom. The Labute approximate surface area is 220 Å². The largest absolute Gasteiger partial charge is 0.466 e. The third kappa shape index (κ3) is 11.4. The Hall–Kier alpha value is -3.26. The number of amides is 1. The van der Waals surface area contributed by atoms with Crippen LogP contribution in [0.3, 0.4) is 0 Å². The molecule has 0 bridgehead atoms. The van der Waals surface area contributed by atoms with Crippen molar-refractivity contribution in [2.75, 3.05) is 26.4 Å². The minimum atomic E-state index is -1.65. The number of ether oxygens (including phenoxy) is 6.